The minimum Gasteiger partial charge on any atom is -0.439 e. The van der Waals surface area contributed by atoms with Crippen molar-refractivity contribution < 1.29 is 4.74 Å². The fraction of sp³-hybridized carbons (Fsp3) is 0.0667. The van der Waals surface area contributed by atoms with E-state index in [-0.39, 0.29) is 0 Å². The van der Waals surface area contributed by atoms with Crippen molar-refractivity contribution >= 4 is 16.6 Å². The number of nitrogens with zero attached hydrogens (tertiary/aromatic N) is 2. The maximum absolute atomic E-state index is 5.83. The molecule has 0 saturated heterocycles. The molecular formula is C15H13N3O. The van der Waals surface area contributed by atoms with Gasteiger partial charge in [0.25, 0.3) is 0 Å². The molecule has 0 spiro atoms. The van der Waals surface area contributed by atoms with Crippen molar-refractivity contribution in [1.82, 2.24) is 9.97 Å². The van der Waals surface area contributed by atoms with Gasteiger partial charge in [-0.05, 0) is 30.7 Å². The molecular weight excluding hydrogens is 238 g/mol. The van der Waals surface area contributed by atoms with Gasteiger partial charge in [0.1, 0.15) is 5.75 Å². The molecule has 3 aromatic rings. The molecule has 0 unspecified atom stereocenters. The molecule has 19 heavy (non-hydrogen) atoms. The predicted molar refractivity (Wildman–Crippen MR) is 75.2 cm³/mol. The van der Waals surface area contributed by atoms with Gasteiger partial charge in [-0.2, -0.15) is 0 Å². The Kier molecular flexibility index (Phi) is 2.76. The topological polar surface area (TPSA) is 61.0 Å². The third kappa shape index (κ3) is 2.33. The summed E-state index contributed by atoms with van der Waals surface area (Å²) >= 11 is 0. The molecule has 0 fully saturated rings. The molecule has 4 nitrogen and oxygen atoms in total. The first-order valence-corrected chi connectivity index (χ1v) is 5.97. The SMILES string of the molecule is Cc1cnc(Oc2ccc3cccnc3c2)cc1N. The summed E-state index contributed by atoms with van der Waals surface area (Å²) in [5, 5.41) is 1.08. The summed E-state index contributed by atoms with van der Waals surface area (Å²) < 4.78 is 5.69. The number of aryl methyl sites for hydroxylation is 1. The van der Waals surface area contributed by atoms with Crippen molar-refractivity contribution in [2.75, 3.05) is 5.73 Å². The van der Waals surface area contributed by atoms with Crippen LogP contribution in [0.25, 0.3) is 10.9 Å². The smallest absolute Gasteiger partial charge is 0.221 e. The van der Waals surface area contributed by atoms with Crippen LogP contribution < -0.4 is 10.5 Å². The van der Waals surface area contributed by atoms with Crippen LogP contribution in [0.15, 0.2) is 48.8 Å². The Labute approximate surface area is 110 Å². The summed E-state index contributed by atoms with van der Waals surface area (Å²) in [5.41, 5.74) is 8.33. The Balaban J connectivity index is 1.94. The lowest BCUT2D eigenvalue weighted by atomic mass is 10.2. The standard InChI is InChI=1S/C15H13N3O/c1-10-9-18-15(8-13(10)16)19-12-5-4-11-3-2-6-17-14(11)7-12/h2-9H,1H3,(H2,16,18). The largest absolute Gasteiger partial charge is 0.439 e. The molecule has 2 heterocycles. The first-order valence-electron chi connectivity index (χ1n) is 5.97. The molecule has 2 N–H and O–H groups in total. The minimum atomic E-state index is 0.485. The van der Waals surface area contributed by atoms with E-state index in [4.69, 9.17) is 10.5 Å². The lowest BCUT2D eigenvalue weighted by Crippen LogP contribution is -1.94. The van der Waals surface area contributed by atoms with Crippen LogP contribution in [0.2, 0.25) is 0 Å². The highest BCUT2D eigenvalue weighted by atomic mass is 16.5. The van der Waals surface area contributed by atoms with E-state index in [1.165, 1.54) is 0 Å². The fourth-order valence-corrected chi connectivity index (χ4v) is 1.81. The summed E-state index contributed by atoms with van der Waals surface area (Å²) in [4.78, 5) is 8.48. The van der Waals surface area contributed by atoms with Crippen LogP contribution in [0, 0.1) is 6.92 Å². The fourth-order valence-electron chi connectivity index (χ4n) is 1.81. The summed E-state index contributed by atoms with van der Waals surface area (Å²) in [6, 6.07) is 11.4. The van der Waals surface area contributed by atoms with Crippen molar-refractivity contribution in [3.8, 4) is 11.6 Å². The highest BCUT2D eigenvalue weighted by Crippen LogP contribution is 2.25. The van der Waals surface area contributed by atoms with Gasteiger partial charge in [-0.25, -0.2) is 4.98 Å². The van der Waals surface area contributed by atoms with Gasteiger partial charge >= 0.3 is 0 Å². The van der Waals surface area contributed by atoms with Crippen LogP contribution in [0.5, 0.6) is 11.6 Å². The number of hydrogen-bond donors (Lipinski definition) is 1. The van der Waals surface area contributed by atoms with Crippen molar-refractivity contribution in [1.29, 1.82) is 0 Å². The molecule has 0 saturated carbocycles. The van der Waals surface area contributed by atoms with Crippen LogP contribution >= 0.6 is 0 Å². The van der Waals surface area contributed by atoms with Crippen LogP contribution in [0.1, 0.15) is 5.56 Å². The molecule has 1 aromatic carbocycles. The highest BCUT2D eigenvalue weighted by Gasteiger charge is 2.03. The van der Waals surface area contributed by atoms with E-state index in [1.54, 1.807) is 18.5 Å². The summed E-state index contributed by atoms with van der Waals surface area (Å²) in [6.45, 7) is 1.91. The number of aromatic nitrogens is 2. The van der Waals surface area contributed by atoms with E-state index >= 15 is 0 Å². The quantitative estimate of drug-likeness (QED) is 0.759. The van der Waals surface area contributed by atoms with Gasteiger partial charge in [-0.1, -0.05) is 6.07 Å². The van der Waals surface area contributed by atoms with Crippen LogP contribution in [0.4, 0.5) is 5.69 Å². The lowest BCUT2D eigenvalue weighted by molar-refractivity contribution is 0.463. The van der Waals surface area contributed by atoms with Crippen LogP contribution in [-0.2, 0) is 0 Å². The van der Waals surface area contributed by atoms with Gasteiger partial charge in [-0.15, -0.1) is 0 Å². The van der Waals surface area contributed by atoms with Gasteiger partial charge in [-0.3, -0.25) is 4.98 Å². The van der Waals surface area contributed by atoms with E-state index < -0.39 is 0 Å². The number of anilines is 1. The Hall–Kier alpha value is -2.62. The highest BCUT2D eigenvalue weighted by molar-refractivity contribution is 5.79. The molecule has 0 aliphatic heterocycles. The lowest BCUT2D eigenvalue weighted by Gasteiger charge is -2.07. The Bertz CT molecular complexity index is 740. The number of benzene rings is 1. The van der Waals surface area contributed by atoms with Crippen molar-refractivity contribution in [3.05, 3.63) is 54.4 Å². The normalized spacial score (nSPS) is 10.6. The molecule has 4 heteroatoms. The van der Waals surface area contributed by atoms with Crippen molar-refractivity contribution in [3.63, 3.8) is 0 Å². The molecule has 0 aliphatic rings. The van der Waals surface area contributed by atoms with Gasteiger partial charge in [0.15, 0.2) is 0 Å². The Morgan fingerprint density at radius 3 is 2.84 bits per heavy atom. The van der Waals surface area contributed by atoms with Gasteiger partial charge in [0.2, 0.25) is 5.88 Å². The van der Waals surface area contributed by atoms with Crippen molar-refractivity contribution in [2.45, 2.75) is 6.92 Å². The van der Waals surface area contributed by atoms with E-state index in [2.05, 4.69) is 9.97 Å². The summed E-state index contributed by atoms with van der Waals surface area (Å²) in [6.07, 6.45) is 3.46. The number of ether oxygens (including phenoxy) is 1. The average molecular weight is 251 g/mol. The zero-order valence-corrected chi connectivity index (χ0v) is 10.5. The van der Waals surface area contributed by atoms with E-state index in [0.29, 0.717) is 17.3 Å². The number of nitrogens with two attached hydrogens (primary N) is 1. The molecule has 0 aliphatic carbocycles. The monoisotopic (exact) mass is 251 g/mol. The number of rotatable bonds is 2. The number of nitrogen functional groups attached to an aromatic ring is 1. The third-order valence-corrected chi connectivity index (χ3v) is 2.92. The second kappa shape index (κ2) is 4.57. The number of fused-ring (bicyclic) bond motifs is 1. The first-order chi connectivity index (χ1) is 9.22. The van der Waals surface area contributed by atoms with Crippen LogP contribution in [-0.4, -0.2) is 9.97 Å². The molecule has 2 aromatic heterocycles. The van der Waals surface area contributed by atoms with Crippen LogP contribution in [0.3, 0.4) is 0 Å². The number of pyridine rings is 2. The third-order valence-electron chi connectivity index (χ3n) is 2.92. The van der Waals surface area contributed by atoms with Gasteiger partial charge < -0.3 is 10.5 Å². The summed E-state index contributed by atoms with van der Waals surface area (Å²) in [5.74, 6) is 1.18. The number of hydrogen-bond acceptors (Lipinski definition) is 4. The molecule has 3 rings (SSSR count). The van der Waals surface area contributed by atoms with Crippen molar-refractivity contribution in [2.24, 2.45) is 0 Å². The predicted octanol–water partition coefficient (Wildman–Crippen LogP) is 3.31. The van der Waals surface area contributed by atoms with E-state index in [1.807, 2.05) is 37.3 Å². The Morgan fingerprint density at radius 1 is 1.11 bits per heavy atom. The maximum Gasteiger partial charge on any atom is 0.221 e. The molecule has 0 bridgehead atoms. The Morgan fingerprint density at radius 2 is 2.00 bits per heavy atom. The second-order valence-electron chi connectivity index (χ2n) is 4.34. The van der Waals surface area contributed by atoms with E-state index in [9.17, 15) is 0 Å². The molecule has 0 amide bonds. The zero-order chi connectivity index (χ0) is 13.2. The van der Waals surface area contributed by atoms with E-state index in [0.717, 1.165) is 16.5 Å². The maximum atomic E-state index is 5.83. The average Bonchev–Trinajstić information content (AvgIpc) is 2.43. The molecule has 94 valence electrons. The molecule has 0 atom stereocenters. The van der Waals surface area contributed by atoms with Gasteiger partial charge in [0, 0.05) is 35.6 Å². The van der Waals surface area contributed by atoms with Gasteiger partial charge in [0.05, 0.1) is 5.52 Å². The molecule has 0 radical (unpaired) electrons. The zero-order valence-electron chi connectivity index (χ0n) is 10.5. The summed E-state index contributed by atoms with van der Waals surface area (Å²) in [7, 11) is 0. The minimum absolute atomic E-state index is 0.485. The second-order valence-corrected chi connectivity index (χ2v) is 4.34. The first kappa shape index (κ1) is 11.5.